The molecule has 1 saturated heterocycles. The number of β-lactam (4-membered cyclic amide) rings is 1. The molecule has 2 atom stereocenters. The Balaban J connectivity index is 1.44. The van der Waals surface area contributed by atoms with Gasteiger partial charge in [-0.15, -0.1) is 23.1 Å². The summed E-state index contributed by atoms with van der Waals surface area (Å²) in [5.41, 5.74) is 12.6. The molecule has 2 aliphatic heterocycles. The van der Waals surface area contributed by atoms with E-state index in [1.807, 2.05) is 0 Å². The van der Waals surface area contributed by atoms with Crippen LogP contribution in [0.3, 0.4) is 0 Å². The number of oxime groups is 1. The molecular formula is C23H23N8O7S2+. The molecule has 3 aromatic heterocycles. The molecule has 5 rings (SSSR count). The summed E-state index contributed by atoms with van der Waals surface area (Å²) < 4.78 is 3.03. The number of nitrogens with zero attached hydrogens (tertiary/aromatic N) is 5. The van der Waals surface area contributed by atoms with Crippen LogP contribution >= 0.6 is 23.1 Å². The number of pyridine rings is 1. The van der Waals surface area contributed by atoms with Crippen molar-refractivity contribution in [3.8, 4) is 0 Å². The lowest BCUT2D eigenvalue weighted by Gasteiger charge is -2.49. The minimum atomic E-state index is -1.32. The molecule has 5 heterocycles. The highest BCUT2D eigenvalue weighted by atomic mass is 32.2. The molecule has 3 aromatic rings. The first-order valence-electron chi connectivity index (χ1n) is 11.6. The Morgan fingerprint density at radius 3 is 2.65 bits per heavy atom. The van der Waals surface area contributed by atoms with Crippen LogP contribution in [-0.2, 0) is 25.8 Å². The Morgan fingerprint density at radius 1 is 1.27 bits per heavy atom. The largest absolute Gasteiger partial charge is 0.477 e. The average molecular weight is 588 g/mol. The molecule has 0 saturated carbocycles. The number of hydrogen-bond acceptors (Lipinski definition) is 11. The third kappa shape index (κ3) is 4.28. The third-order valence-electron chi connectivity index (χ3n) is 6.50. The first kappa shape index (κ1) is 26.9. The molecule has 17 heteroatoms. The minimum Gasteiger partial charge on any atom is -0.477 e. The Bertz CT molecular complexity index is 1660. The summed E-state index contributed by atoms with van der Waals surface area (Å²) in [4.78, 5) is 60.4. The zero-order valence-corrected chi connectivity index (χ0v) is 22.7. The van der Waals surface area contributed by atoms with Crippen LogP contribution in [0.2, 0.25) is 0 Å². The minimum absolute atomic E-state index is 0.00409. The number of carboxylic acid groups (broad SMARTS) is 2. The number of carbonyl (C=O) groups excluding carboxylic acids is 2. The number of imidazole rings is 1. The number of nitrogens with two attached hydrogens (primary N) is 2. The standard InChI is InChI=1S/C23H22N8O7S2/c1-9-16(21(34)35)30-12(24)4-3-5-13(30)29(9)6-10-7-39-20-15(19(33)31(20)17(10)22(36)37)27-18(32)14(28-38-2)11-8-40-23(25)26-11/h3-5,8,15,20,24H,6-7H2,1-2H3,(H5,25,26,27,32,34,35,36,37)/p+1/b28-14-/t15-,20-/m1/s1. The van der Waals surface area contributed by atoms with Crippen LogP contribution in [-0.4, -0.2) is 78.4 Å². The zero-order chi connectivity index (χ0) is 28.9. The van der Waals surface area contributed by atoms with Gasteiger partial charge in [-0.1, -0.05) is 5.16 Å². The molecular weight excluding hydrogens is 564 g/mol. The molecule has 0 unspecified atom stereocenters. The summed E-state index contributed by atoms with van der Waals surface area (Å²) in [6, 6.07) is 3.88. The van der Waals surface area contributed by atoms with Gasteiger partial charge in [0.2, 0.25) is 17.2 Å². The van der Waals surface area contributed by atoms with Crippen LogP contribution in [0.1, 0.15) is 21.9 Å². The Morgan fingerprint density at radius 2 is 2.02 bits per heavy atom. The number of carbonyl (C=O) groups is 4. The van der Waals surface area contributed by atoms with Gasteiger partial charge < -0.3 is 31.8 Å². The Hall–Kier alpha value is -4.64. The first-order chi connectivity index (χ1) is 19.0. The predicted molar refractivity (Wildman–Crippen MR) is 143 cm³/mol. The number of rotatable bonds is 8. The number of aliphatic carboxylic acids is 1. The highest BCUT2D eigenvalue weighted by Crippen LogP contribution is 2.41. The highest BCUT2D eigenvalue weighted by molar-refractivity contribution is 8.00. The quantitative estimate of drug-likeness (QED) is 0.0991. The van der Waals surface area contributed by atoms with Crippen LogP contribution < -0.4 is 21.2 Å². The van der Waals surface area contributed by atoms with E-state index < -0.39 is 35.2 Å². The van der Waals surface area contributed by atoms with Crippen molar-refractivity contribution >= 4 is 69.2 Å². The number of anilines is 2. The van der Waals surface area contributed by atoms with Gasteiger partial charge in [-0.2, -0.15) is 4.40 Å². The molecule has 0 aromatic carbocycles. The van der Waals surface area contributed by atoms with Crippen LogP contribution in [0.25, 0.3) is 5.65 Å². The fraction of sp³-hybridized carbons (Fsp3) is 0.261. The van der Waals surface area contributed by atoms with E-state index in [2.05, 4.69) is 15.5 Å². The summed E-state index contributed by atoms with van der Waals surface area (Å²) in [6.07, 6.45) is 0. The van der Waals surface area contributed by atoms with Crippen molar-refractivity contribution in [2.45, 2.75) is 24.9 Å². The van der Waals surface area contributed by atoms with Crippen molar-refractivity contribution in [2.75, 3.05) is 24.3 Å². The lowest BCUT2D eigenvalue weighted by atomic mass is 10.0. The Kier molecular flexibility index (Phi) is 6.84. The van der Waals surface area contributed by atoms with E-state index >= 15 is 0 Å². The summed E-state index contributed by atoms with van der Waals surface area (Å²) in [7, 11) is 1.25. The fourth-order valence-corrected chi connectivity index (χ4v) is 6.66. The van der Waals surface area contributed by atoms with E-state index in [-0.39, 0.29) is 46.0 Å². The van der Waals surface area contributed by atoms with E-state index in [0.717, 1.165) is 16.2 Å². The summed E-state index contributed by atoms with van der Waals surface area (Å²) >= 11 is 2.37. The number of hydrogen-bond donors (Lipinski definition) is 5. The molecule has 15 nitrogen and oxygen atoms in total. The molecule has 7 N–H and O–H groups in total. The number of nitrogen functional groups attached to an aromatic ring is 2. The monoisotopic (exact) mass is 587 g/mol. The van der Waals surface area contributed by atoms with Gasteiger partial charge in [0.1, 0.15) is 35.6 Å². The van der Waals surface area contributed by atoms with Gasteiger partial charge in [0.25, 0.3) is 11.8 Å². The number of carboxylic acids is 2. The molecule has 0 spiro atoms. The van der Waals surface area contributed by atoms with Gasteiger partial charge in [0.15, 0.2) is 10.8 Å². The van der Waals surface area contributed by atoms with E-state index in [0.29, 0.717) is 16.9 Å². The summed E-state index contributed by atoms with van der Waals surface area (Å²) in [5, 5.41) is 27.2. The van der Waals surface area contributed by atoms with Gasteiger partial charge in [-0.25, -0.2) is 14.6 Å². The second kappa shape index (κ2) is 10.2. The zero-order valence-electron chi connectivity index (χ0n) is 21.0. The number of aromatic carboxylic acids is 1. The first-order valence-corrected chi connectivity index (χ1v) is 13.5. The van der Waals surface area contributed by atoms with Crippen molar-refractivity contribution in [2.24, 2.45) is 5.16 Å². The van der Waals surface area contributed by atoms with Crippen LogP contribution in [0, 0.1) is 6.92 Å². The maximum atomic E-state index is 13.2. The lowest BCUT2D eigenvalue weighted by molar-refractivity contribution is -0.498. The number of nitrogens with one attached hydrogen (secondary N) is 1. The molecule has 40 heavy (non-hydrogen) atoms. The topological polar surface area (TPSA) is 220 Å². The second-order valence-corrected chi connectivity index (χ2v) is 10.8. The maximum Gasteiger partial charge on any atom is 0.371 e. The molecule has 1 fully saturated rings. The molecule has 0 aliphatic carbocycles. The van der Waals surface area contributed by atoms with Gasteiger partial charge in [0.05, 0.1) is 6.54 Å². The van der Waals surface area contributed by atoms with E-state index in [1.54, 1.807) is 29.7 Å². The van der Waals surface area contributed by atoms with E-state index in [4.69, 9.17) is 16.3 Å². The number of fused-ring (bicyclic) bond motifs is 2. The van der Waals surface area contributed by atoms with Gasteiger partial charge in [0, 0.05) is 28.8 Å². The second-order valence-electron chi connectivity index (χ2n) is 8.78. The summed E-state index contributed by atoms with van der Waals surface area (Å²) in [5.74, 6) is -3.45. The average Bonchev–Trinajstić information content (AvgIpc) is 3.46. The molecule has 2 amide bonds. The van der Waals surface area contributed by atoms with Crippen LogP contribution in [0.15, 0.2) is 40.0 Å². The van der Waals surface area contributed by atoms with Crippen molar-refractivity contribution in [1.29, 1.82) is 0 Å². The van der Waals surface area contributed by atoms with E-state index in [9.17, 15) is 29.4 Å². The van der Waals surface area contributed by atoms with E-state index in [1.165, 1.54) is 28.7 Å². The Labute approximate surface area is 233 Å². The SMILES string of the molecule is CO/N=C(\C(=O)N[C@@H]1C(=O)N2C(C(=O)O)=C(Cn3c(C)c(C(=O)O)[n+]4c(N)cccc34)CS[C@H]12)c1csc(N)n1. The fourth-order valence-electron chi connectivity index (χ4n) is 4.78. The predicted octanol–water partition coefficient (Wildman–Crippen LogP) is -0.356. The normalized spacial score (nSPS) is 18.9. The van der Waals surface area contributed by atoms with Crippen molar-refractivity contribution < 1.29 is 38.6 Å². The highest BCUT2D eigenvalue weighted by Gasteiger charge is 2.54. The van der Waals surface area contributed by atoms with Crippen LogP contribution in [0.5, 0.6) is 0 Å². The molecule has 2 aliphatic rings. The van der Waals surface area contributed by atoms with Crippen molar-refractivity contribution in [3.63, 3.8) is 0 Å². The van der Waals surface area contributed by atoms with Crippen LogP contribution in [0.4, 0.5) is 10.9 Å². The molecule has 0 radical (unpaired) electrons. The number of thioether (sulfide) groups is 1. The van der Waals surface area contributed by atoms with Gasteiger partial charge in [-0.05, 0) is 13.0 Å². The van der Waals surface area contributed by atoms with Crippen molar-refractivity contribution in [1.82, 2.24) is 19.8 Å². The molecule has 208 valence electrons. The number of aromatic nitrogens is 3. The number of amides is 2. The number of thiazole rings is 1. The maximum absolute atomic E-state index is 13.2. The van der Waals surface area contributed by atoms with Gasteiger partial charge >= 0.3 is 11.9 Å². The summed E-state index contributed by atoms with van der Waals surface area (Å²) in [6.45, 7) is 1.61. The molecule has 0 bridgehead atoms. The van der Waals surface area contributed by atoms with Gasteiger partial charge in [-0.3, -0.25) is 19.1 Å². The van der Waals surface area contributed by atoms with Crippen molar-refractivity contribution in [3.05, 3.63) is 51.9 Å². The lowest BCUT2D eigenvalue weighted by Crippen LogP contribution is -2.71. The third-order valence-corrected chi connectivity index (χ3v) is 8.51. The smallest absolute Gasteiger partial charge is 0.371 e.